The Bertz CT molecular complexity index is 480. The minimum Gasteiger partial charge on any atom is -0.237 e. The van der Waals surface area contributed by atoms with Crippen LogP contribution >= 0.6 is 11.6 Å². The third-order valence-electron chi connectivity index (χ3n) is 3.41. The lowest BCUT2D eigenvalue weighted by molar-refractivity contribution is 0.634. The predicted octanol–water partition coefficient (Wildman–Crippen LogP) is 3.43. The Morgan fingerprint density at radius 3 is 2.80 bits per heavy atom. The number of rotatable bonds is 0. The van der Waals surface area contributed by atoms with Crippen LogP contribution in [0.5, 0.6) is 0 Å². The SMILES string of the molecule is CC1=Nc2ncc(Cl)cc2C12CC=CC2. The van der Waals surface area contributed by atoms with E-state index in [-0.39, 0.29) is 5.41 Å². The highest BCUT2D eigenvalue weighted by Gasteiger charge is 2.42. The maximum Gasteiger partial charge on any atom is 0.156 e. The number of fused-ring (bicyclic) bond motifs is 2. The molecule has 2 nitrogen and oxygen atoms in total. The maximum atomic E-state index is 6.00. The molecule has 0 saturated carbocycles. The van der Waals surface area contributed by atoms with Crippen LogP contribution in [0, 0.1) is 0 Å². The molecule has 3 heteroatoms. The Balaban J connectivity index is 2.21. The van der Waals surface area contributed by atoms with Gasteiger partial charge in [-0.2, -0.15) is 0 Å². The zero-order valence-corrected chi connectivity index (χ0v) is 9.25. The summed E-state index contributed by atoms with van der Waals surface area (Å²) in [5.41, 5.74) is 2.42. The lowest BCUT2D eigenvalue weighted by Crippen LogP contribution is -2.27. The van der Waals surface area contributed by atoms with Crippen LogP contribution in [0.4, 0.5) is 5.82 Å². The van der Waals surface area contributed by atoms with Crippen molar-refractivity contribution in [3.8, 4) is 0 Å². The van der Waals surface area contributed by atoms with Gasteiger partial charge in [0.15, 0.2) is 5.82 Å². The summed E-state index contributed by atoms with van der Waals surface area (Å²) in [4.78, 5) is 8.82. The zero-order valence-electron chi connectivity index (χ0n) is 8.50. The fraction of sp³-hybridized carbons (Fsp3) is 0.333. The van der Waals surface area contributed by atoms with Crippen LogP contribution in [-0.4, -0.2) is 10.7 Å². The number of aromatic nitrogens is 1. The van der Waals surface area contributed by atoms with Gasteiger partial charge in [0.2, 0.25) is 0 Å². The second-order valence-electron chi connectivity index (χ2n) is 4.18. The lowest BCUT2D eigenvalue weighted by atomic mass is 9.77. The van der Waals surface area contributed by atoms with Gasteiger partial charge >= 0.3 is 0 Å². The van der Waals surface area contributed by atoms with E-state index in [2.05, 4.69) is 29.1 Å². The molecular formula is C12H11ClN2. The molecule has 1 aromatic heterocycles. The summed E-state index contributed by atoms with van der Waals surface area (Å²) >= 11 is 6.00. The van der Waals surface area contributed by atoms with E-state index in [1.165, 1.54) is 5.56 Å². The Kier molecular flexibility index (Phi) is 1.77. The average molecular weight is 219 g/mol. The molecule has 0 fully saturated rings. The van der Waals surface area contributed by atoms with Gasteiger partial charge in [-0.05, 0) is 25.8 Å². The van der Waals surface area contributed by atoms with Crippen LogP contribution < -0.4 is 0 Å². The maximum absolute atomic E-state index is 6.00. The molecule has 1 aliphatic heterocycles. The first kappa shape index (κ1) is 9.10. The first-order chi connectivity index (χ1) is 7.22. The van der Waals surface area contributed by atoms with Gasteiger partial charge in [0, 0.05) is 22.9 Å². The van der Waals surface area contributed by atoms with Gasteiger partial charge in [-0.1, -0.05) is 23.8 Å². The first-order valence-corrected chi connectivity index (χ1v) is 5.47. The van der Waals surface area contributed by atoms with Crippen LogP contribution in [0.25, 0.3) is 0 Å². The summed E-state index contributed by atoms with van der Waals surface area (Å²) in [6.45, 7) is 2.09. The van der Waals surface area contributed by atoms with Crippen LogP contribution in [0.3, 0.4) is 0 Å². The number of nitrogens with zero attached hydrogens (tertiary/aromatic N) is 2. The molecule has 0 radical (unpaired) electrons. The molecule has 76 valence electrons. The molecule has 1 aromatic rings. The van der Waals surface area contributed by atoms with E-state index in [1.54, 1.807) is 6.20 Å². The third-order valence-corrected chi connectivity index (χ3v) is 3.62. The normalized spacial score (nSPS) is 20.8. The number of allylic oxidation sites excluding steroid dienone is 2. The van der Waals surface area contributed by atoms with Crippen LogP contribution in [0.2, 0.25) is 5.02 Å². The van der Waals surface area contributed by atoms with Gasteiger partial charge < -0.3 is 0 Å². The van der Waals surface area contributed by atoms with E-state index in [1.807, 2.05) is 6.07 Å². The highest BCUT2D eigenvalue weighted by molar-refractivity contribution is 6.30. The van der Waals surface area contributed by atoms with E-state index >= 15 is 0 Å². The molecule has 0 amide bonds. The summed E-state index contributed by atoms with van der Waals surface area (Å²) in [5.74, 6) is 0.848. The summed E-state index contributed by atoms with van der Waals surface area (Å²) in [5, 5.41) is 0.699. The molecular weight excluding hydrogens is 208 g/mol. The van der Waals surface area contributed by atoms with Crippen LogP contribution in [-0.2, 0) is 5.41 Å². The van der Waals surface area contributed by atoms with Crippen LogP contribution in [0.15, 0.2) is 29.4 Å². The van der Waals surface area contributed by atoms with E-state index < -0.39 is 0 Å². The number of hydrogen-bond donors (Lipinski definition) is 0. The number of aliphatic imine (C=N–C) groups is 1. The molecule has 0 saturated heterocycles. The van der Waals surface area contributed by atoms with E-state index in [9.17, 15) is 0 Å². The minimum absolute atomic E-state index is 0.0627. The van der Waals surface area contributed by atoms with Crippen molar-refractivity contribution < 1.29 is 0 Å². The fourth-order valence-electron chi connectivity index (χ4n) is 2.50. The summed E-state index contributed by atoms with van der Waals surface area (Å²) in [7, 11) is 0. The Hall–Kier alpha value is -1.15. The fourth-order valence-corrected chi connectivity index (χ4v) is 2.66. The number of hydrogen-bond acceptors (Lipinski definition) is 2. The van der Waals surface area contributed by atoms with Crippen molar-refractivity contribution >= 4 is 23.1 Å². The molecule has 15 heavy (non-hydrogen) atoms. The Morgan fingerprint density at radius 1 is 1.33 bits per heavy atom. The third kappa shape index (κ3) is 1.11. The van der Waals surface area contributed by atoms with Gasteiger partial charge in [0.1, 0.15) is 0 Å². The molecule has 0 N–H and O–H groups in total. The highest BCUT2D eigenvalue weighted by Crippen LogP contribution is 2.47. The average Bonchev–Trinajstić information content (AvgIpc) is 2.78. The monoisotopic (exact) mass is 218 g/mol. The van der Waals surface area contributed by atoms with Crippen molar-refractivity contribution in [2.45, 2.75) is 25.2 Å². The molecule has 1 aliphatic carbocycles. The zero-order chi connectivity index (χ0) is 10.5. The minimum atomic E-state index is 0.0627. The largest absolute Gasteiger partial charge is 0.237 e. The van der Waals surface area contributed by atoms with Crippen molar-refractivity contribution in [1.29, 1.82) is 0 Å². The molecule has 2 heterocycles. The number of pyridine rings is 1. The second kappa shape index (κ2) is 2.92. The Morgan fingerprint density at radius 2 is 2.07 bits per heavy atom. The molecule has 0 unspecified atom stereocenters. The molecule has 3 rings (SSSR count). The van der Waals surface area contributed by atoms with Gasteiger partial charge in [-0.3, -0.25) is 0 Å². The molecule has 2 aliphatic rings. The second-order valence-corrected chi connectivity index (χ2v) is 4.62. The lowest BCUT2D eigenvalue weighted by Gasteiger charge is -2.24. The molecule has 0 aromatic carbocycles. The van der Waals surface area contributed by atoms with Gasteiger partial charge in [-0.15, -0.1) is 0 Å². The summed E-state index contributed by atoms with van der Waals surface area (Å²) in [6.07, 6.45) is 8.15. The van der Waals surface area contributed by atoms with E-state index in [0.717, 1.165) is 24.4 Å². The Labute approximate surface area is 93.7 Å². The van der Waals surface area contributed by atoms with E-state index in [4.69, 9.17) is 11.6 Å². The van der Waals surface area contributed by atoms with Crippen molar-refractivity contribution in [2.75, 3.05) is 0 Å². The first-order valence-electron chi connectivity index (χ1n) is 5.09. The molecule has 1 spiro atoms. The van der Waals surface area contributed by atoms with Crippen LogP contribution in [0.1, 0.15) is 25.3 Å². The van der Waals surface area contributed by atoms with Crippen molar-refractivity contribution in [2.24, 2.45) is 4.99 Å². The smallest absolute Gasteiger partial charge is 0.156 e. The van der Waals surface area contributed by atoms with Crippen molar-refractivity contribution in [3.05, 3.63) is 35.0 Å². The molecule has 0 bridgehead atoms. The number of halogens is 1. The van der Waals surface area contributed by atoms with Gasteiger partial charge in [0.25, 0.3) is 0 Å². The summed E-state index contributed by atoms with van der Waals surface area (Å²) < 4.78 is 0. The topological polar surface area (TPSA) is 25.2 Å². The van der Waals surface area contributed by atoms with Gasteiger partial charge in [0.05, 0.1) is 5.02 Å². The highest BCUT2D eigenvalue weighted by atomic mass is 35.5. The molecule has 0 atom stereocenters. The standard InChI is InChI=1S/C12H11ClN2/c1-8-12(4-2-3-5-12)10-6-9(13)7-14-11(10)15-8/h2-3,6-7H,4-5H2,1H3. The predicted molar refractivity (Wildman–Crippen MR) is 62.1 cm³/mol. The van der Waals surface area contributed by atoms with Gasteiger partial charge in [-0.25, -0.2) is 9.98 Å². The quantitative estimate of drug-likeness (QED) is 0.613. The van der Waals surface area contributed by atoms with Crippen molar-refractivity contribution in [1.82, 2.24) is 4.98 Å². The van der Waals surface area contributed by atoms with E-state index in [0.29, 0.717) is 5.02 Å². The van der Waals surface area contributed by atoms with Crippen molar-refractivity contribution in [3.63, 3.8) is 0 Å². The summed E-state index contributed by atoms with van der Waals surface area (Å²) in [6, 6.07) is 2.01.